The average molecular weight is 245 g/mol. The van der Waals surface area contributed by atoms with Gasteiger partial charge in [-0.1, -0.05) is 0 Å². The zero-order chi connectivity index (χ0) is 12.7. The summed E-state index contributed by atoms with van der Waals surface area (Å²) in [6.07, 6.45) is 3.58. The highest BCUT2D eigenvalue weighted by Gasteiger charge is 2.21. The summed E-state index contributed by atoms with van der Waals surface area (Å²) in [6.45, 7) is 8.87. The first-order valence-electron chi connectivity index (χ1n) is 6.65. The molecule has 102 valence electrons. The summed E-state index contributed by atoms with van der Waals surface area (Å²) in [5.74, 6) is 0. The first-order chi connectivity index (χ1) is 8.00. The lowest BCUT2D eigenvalue weighted by atomic mass is 10.0. The highest BCUT2D eigenvalue weighted by molar-refractivity contribution is 4.79. The molecule has 0 saturated carbocycles. The van der Waals surface area contributed by atoms with Gasteiger partial charge in [-0.3, -0.25) is 0 Å². The van der Waals surface area contributed by atoms with E-state index in [-0.39, 0.29) is 6.04 Å². The lowest BCUT2D eigenvalue weighted by molar-refractivity contribution is 0.0148. The summed E-state index contributed by atoms with van der Waals surface area (Å²) < 4.78 is 11.0. The van der Waals surface area contributed by atoms with E-state index in [4.69, 9.17) is 9.47 Å². The van der Waals surface area contributed by atoms with Crippen LogP contribution in [0.1, 0.15) is 40.0 Å². The van der Waals surface area contributed by atoms with E-state index in [0.717, 1.165) is 39.2 Å². The molecule has 0 radical (unpaired) electrons. The number of aliphatic hydroxyl groups is 1. The van der Waals surface area contributed by atoms with Crippen molar-refractivity contribution in [2.24, 2.45) is 0 Å². The molecule has 0 spiro atoms. The molecule has 2 unspecified atom stereocenters. The Morgan fingerprint density at radius 3 is 2.88 bits per heavy atom. The topological polar surface area (TPSA) is 50.7 Å². The van der Waals surface area contributed by atoms with Crippen molar-refractivity contribution in [2.45, 2.75) is 57.8 Å². The zero-order valence-corrected chi connectivity index (χ0v) is 11.4. The average Bonchev–Trinajstić information content (AvgIpc) is 2.74. The van der Waals surface area contributed by atoms with Gasteiger partial charge in [0.05, 0.1) is 18.3 Å². The van der Waals surface area contributed by atoms with Gasteiger partial charge in [0.15, 0.2) is 0 Å². The van der Waals surface area contributed by atoms with Gasteiger partial charge in [0.1, 0.15) is 0 Å². The smallest absolute Gasteiger partial charge is 0.0809 e. The number of hydrogen-bond donors (Lipinski definition) is 2. The SMILES string of the molecule is CC(NCCCOCC1CCCO1)C(C)(C)O. The van der Waals surface area contributed by atoms with Crippen LogP contribution in [0.4, 0.5) is 0 Å². The Balaban J connectivity index is 1.90. The minimum Gasteiger partial charge on any atom is -0.389 e. The molecule has 0 aromatic carbocycles. The molecule has 0 aromatic heterocycles. The van der Waals surface area contributed by atoms with E-state index in [0.29, 0.717) is 6.10 Å². The molecule has 0 bridgehead atoms. The molecular weight excluding hydrogens is 218 g/mol. The lowest BCUT2D eigenvalue weighted by Crippen LogP contribution is -2.45. The Bertz CT molecular complexity index is 197. The fraction of sp³-hybridized carbons (Fsp3) is 1.00. The van der Waals surface area contributed by atoms with Crippen LogP contribution in [0.5, 0.6) is 0 Å². The van der Waals surface area contributed by atoms with Crippen LogP contribution in [0.15, 0.2) is 0 Å². The molecule has 1 aliphatic rings. The molecule has 0 aliphatic carbocycles. The number of hydrogen-bond acceptors (Lipinski definition) is 4. The fourth-order valence-corrected chi connectivity index (χ4v) is 1.73. The van der Waals surface area contributed by atoms with Gasteiger partial charge in [0.25, 0.3) is 0 Å². The second kappa shape index (κ2) is 7.31. The second-order valence-corrected chi connectivity index (χ2v) is 5.39. The number of ether oxygens (including phenoxy) is 2. The molecule has 4 heteroatoms. The lowest BCUT2D eigenvalue weighted by Gasteiger charge is -2.26. The normalized spacial score (nSPS) is 22.9. The van der Waals surface area contributed by atoms with E-state index in [1.54, 1.807) is 0 Å². The van der Waals surface area contributed by atoms with Crippen molar-refractivity contribution in [1.29, 1.82) is 0 Å². The van der Waals surface area contributed by atoms with Gasteiger partial charge in [-0.15, -0.1) is 0 Å². The summed E-state index contributed by atoms with van der Waals surface area (Å²) in [4.78, 5) is 0. The van der Waals surface area contributed by atoms with Gasteiger partial charge in [0.2, 0.25) is 0 Å². The summed E-state index contributed by atoms with van der Waals surface area (Å²) in [5, 5.41) is 13.0. The van der Waals surface area contributed by atoms with E-state index in [1.807, 2.05) is 20.8 Å². The fourth-order valence-electron chi connectivity index (χ4n) is 1.73. The Hall–Kier alpha value is -0.160. The maximum atomic E-state index is 9.72. The van der Waals surface area contributed by atoms with Crippen LogP contribution in [0.3, 0.4) is 0 Å². The number of nitrogens with one attached hydrogen (secondary N) is 1. The van der Waals surface area contributed by atoms with E-state index < -0.39 is 5.60 Å². The van der Waals surface area contributed by atoms with Gasteiger partial charge in [0, 0.05) is 19.3 Å². The van der Waals surface area contributed by atoms with Crippen LogP contribution >= 0.6 is 0 Å². The van der Waals surface area contributed by atoms with Crippen molar-refractivity contribution in [3.63, 3.8) is 0 Å². The quantitative estimate of drug-likeness (QED) is 0.633. The van der Waals surface area contributed by atoms with E-state index in [1.165, 1.54) is 6.42 Å². The van der Waals surface area contributed by atoms with Crippen molar-refractivity contribution in [2.75, 3.05) is 26.4 Å². The van der Waals surface area contributed by atoms with Crippen LogP contribution in [-0.4, -0.2) is 49.2 Å². The molecule has 1 heterocycles. The van der Waals surface area contributed by atoms with Gasteiger partial charge in [-0.05, 0) is 46.6 Å². The molecular formula is C13H27NO3. The van der Waals surface area contributed by atoms with E-state index in [9.17, 15) is 5.11 Å². The second-order valence-electron chi connectivity index (χ2n) is 5.39. The molecule has 1 saturated heterocycles. The highest BCUT2D eigenvalue weighted by Crippen LogP contribution is 2.12. The van der Waals surface area contributed by atoms with Crippen molar-refractivity contribution in [3.05, 3.63) is 0 Å². The molecule has 2 atom stereocenters. The molecule has 4 nitrogen and oxygen atoms in total. The first kappa shape index (κ1) is 14.9. The molecule has 0 aromatic rings. The predicted octanol–water partition coefficient (Wildman–Crippen LogP) is 1.32. The monoisotopic (exact) mass is 245 g/mol. The largest absolute Gasteiger partial charge is 0.389 e. The van der Waals surface area contributed by atoms with E-state index in [2.05, 4.69) is 5.32 Å². The van der Waals surface area contributed by atoms with Crippen molar-refractivity contribution < 1.29 is 14.6 Å². The molecule has 1 rings (SSSR count). The molecule has 0 amide bonds. The van der Waals surface area contributed by atoms with Crippen molar-refractivity contribution in [1.82, 2.24) is 5.32 Å². The van der Waals surface area contributed by atoms with Crippen molar-refractivity contribution >= 4 is 0 Å². The number of rotatable bonds is 8. The predicted molar refractivity (Wildman–Crippen MR) is 68.2 cm³/mol. The van der Waals surface area contributed by atoms with Gasteiger partial charge in [-0.25, -0.2) is 0 Å². The Morgan fingerprint density at radius 2 is 2.29 bits per heavy atom. The van der Waals surface area contributed by atoms with Crippen LogP contribution in [0.2, 0.25) is 0 Å². The van der Waals surface area contributed by atoms with E-state index >= 15 is 0 Å². The molecule has 1 fully saturated rings. The third-order valence-corrected chi connectivity index (χ3v) is 3.30. The van der Waals surface area contributed by atoms with Crippen LogP contribution in [-0.2, 0) is 9.47 Å². The zero-order valence-electron chi connectivity index (χ0n) is 11.4. The maximum absolute atomic E-state index is 9.72. The Labute approximate surface area is 105 Å². The summed E-state index contributed by atoms with van der Waals surface area (Å²) in [6, 6.07) is 0.0978. The van der Waals surface area contributed by atoms with Crippen LogP contribution < -0.4 is 5.32 Å². The summed E-state index contributed by atoms with van der Waals surface area (Å²) in [7, 11) is 0. The highest BCUT2D eigenvalue weighted by atomic mass is 16.5. The van der Waals surface area contributed by atoms with Crippen LogP contribution in [0.25, 0.3) is 0 Å². The Kier molecular flexibility index (Phi) is 6.41. The standard InChI is InChI=1S/C13H27NO3/c1-11(13(2,3)15)14-7-5-8-16-10-12-6-4-9-17-12/h11-12,14-15H,4-10H2,1-3H3. The Morgan fingerprint density at radius 1 is 1.53 bits per heavy atom. The summed E-state index contributed by atoms with van der Waals surface area (Å²) >= 11 is 0. The van der Waals surface area contributed by atoms with Gasteiger partial charge >= 0.3 is 0 Å². The van der Waals surface area contributed by atoms with Gasteiger partial charge < -0.3 is 19.9 Å². The molecule has 17 heavy (non-hydrogen) atoms. The first-order valence-corrected chi connectivity index (χ1v) is 6.65. The van der Waals surface area contributed by atoms with Crippen LogP contribution in [0, 0.1) is 0 Å². The minimum atomic E-state index is -0.668. The molecule has 2 N–H and O–H groups in total. The van der Waals surface area contributed by atoms with Crippen molar-refractivity contribution in [3.8, 4) is 0 Å². The maximum Gasteiger partial charge on any atom is 0.0809 e. The third-order valence-electron chi connectivity index (χ3n) is 3.30. The molecule has 1 aliphatic heterocycles. The van der Waals surface area contributed by atoms with Gasteiger partial charge in [-0.2, -0.15) is 0 Å². The minimum absolute atomic E-state index is 0.0978. The third kappa shape index (κ3) is 6.36. The summed E-state index contributed by atoms with van der Waals surface area (Å²) in [5.41, 5.74) is -0.668.